The van der Waals surface area contributed by atoms with Crippen LogP contribution in [0.15, 0.2) is 41.4 Å². The molecule has 2 aromatic carbocycles. The summed E-state index contributed by atoms with van der Waals surface area (Å²) < 4.78 is 10.2. The Kier molecular flexibility index (Phi) is 7.21. The van der Waals surface area contributed by atoms with E-state index in [-0.39, 0.29) is 19.1 Å². The van der Waals surface area contributed by atoms with Crippen molar-refractivity contribution >= 4 is 46.7 Å². The Balaban J connectivity index is 1.51. The van der Waals surface area contributed by atoms with E-state index >= 15 is 0 Å². The summed E-state index contributed by atoms with van der Waals surface area (Å²) in [4.78, 5) is 32.4. The lowest BCUT2D eigenvalue weighted by Crippen LogP contribution is -2.36. The number of nitrogen functional groups attached to an aromatic ring is 1. The predicted molar refractivity (Wildman–Crippen MR) is 114 cm³/mol. The maximum absolute atomic E-state index is 12.0. The van der Waals surface area contributed by atoms with Crippen molar-refractivity contribution in [3.05, 3.63) is 62.1 Å². The zero-order valence-electron chi connectivity index (χ0n) is 15.9. The van der Waals surface area contributed by atoms with Crippen LogP contribution in [0.1, 0.15) is 5.56 Å². The van der Waals surface area contributed by atoms with E-state index in [1.54, 1.807) is 17.0 Å². The first kappa shape index (κ1) is 22.2. The van der Waals surface area contributed by atoms with E-state index in [0.717, 1.165) is 0 Å². The smallest absolute Gasteiger partial charge is 0.412 e. The second-order valence-corrected chi connectivity index (χ2v) is 7.03. The molecule has 0 spiro atoms. The molecule has 0 saturated heterocycles. The molecule has 1 heterocycles. The number of hydrogen-bond donors (Lipinski definition) is 2. The molecule has 0 atom stereocenters. The summed E-state index contributed by atoms with van der Waals surface area (Å²) in [5.41, 5.74) is 7.11. The average molecular weight is 470 g/mol. The van der Waals surface area contributed by atoms with E-state index in [1.807, 2.05) is 0 Å². The molecule has 0 bridgehead atoms. The highest BCUT2D eigenvalue weighted by Gasteiger charge is 2.21. The molecule has 0 aromatic heterocycles. The van der Waals surface area contributed by atoms with Crippen molar-refractivity contribution in [3.8, 4) is 5.75 Å². The molecule has 0 radical (unpaired) electrons. The Morgan fingerprint density at radius 3 is 2.58 bits per heavy atom. The number of anilines is 2. The third-order valence-electron chi connectivity index (χ3n) is 4.03. The quantitative estimate of drug-likeness (QED) is 0.204. The topological polar surface area (TPSA) is 142 Å². The van der Waals surface area contributed by atoms with Crippen LogP contribution in [0.5, 0.6) is 5.75 Å². The predicted octanol–water partition coefficient (Wildman–Crippen LogP) is 3.54. The zero-order valence-corrected chi connectivity index (χ0v) is 17.4. The Bertz CT molecular complexity index is 978. The van der Waals surface area contributed by atoms with Crippen molar-refractivity contribution in [2.75, 3.05) is 30.9 Å². The highest BCUT2D eigenvalue weighted by atomic mass is 35.5. The van der Waals surface area contributed by atoms with Gasteiger partial charge in [0, 0.05) is 12.2 Å². The van der Waals surface area contributed by atoms with Crippen molar-refractivity contribution in [1.82, 2.24) is 4.90 Å². The highest BCUT2D eigenvalue weighted by molar-refractivity contribution is 6.40. The number of rotatable bonds is 7. The Hall–Kier alpha value is -3.44. The van der Waals surface area contributed by atoms with E-state index in [2.05, 4.69) is 15.1 Å². The molecule has 3 N–H and O–H groups in total. The van der Waals surface area contributed by atoms with E-state index in [4.69, 9.17) is 38.4 Å². The van der Waals surface area contributed by atoms with Gasteiger partial charge in [-0.15, -0.1) is 10.1 Å². The van der Waals surface area contributed by atoms with Crippen LogP contribution < -0.4 is 15.8 Å². The molecular weight excluding hydrogens is 453 g/mol. The van der Waals surface area contributed by atoms with E-state index in [0.29, 0.717) is 46.0 Å². The fourth-order valence-electron chi connectivity index (χ4n) is 2.59. The minimum Gasteiger partial charge on any atom is -0.412 e. The van der Waals surface area contributed by atoms with E-state index in [9.17, 15) is 14.9 Å². The number of carbonyl (C=O) groups excluding carboxylic acids is 1. The second kappa shape index (κ2) is 10.0. The van der Waals surface area contributed by atoms with Gasteiger partial charge in [-0.05, 0) is 29.8 Å². The summed E-state index contributed by atoms with van der Waals surface area (Å²) in [7, 11) is 0. The van der Waals surface area contributed by atoms with Gasteiger partial charge in [0.2, 0.25) is 5.96 Å². The first-order valence-electron chi connectivity index (χ1n) is 8.83. The summed E-state index contributed by atoms with van der Waals surface area (Å²) in [5.74, 6) is 0.639. The number of guanidine groups is 1. The van der Waals surface area contributed by atoms with Crippen LogP contribution in [0.25, 0.3) is 0 Å². The molecule has 0 amide bonds. The lowest BCUT2D eigenvalue weighted by Gasteiger charge is -2.21. The van der Waals surface area contributed by atoms with Crippen molar-refractivity contribution in [2.24, 2.45) is 4.99 Å². The van der Waals surface area contributed by atoms with Crippen LogP contribution in [0.2, 0.25) is 10.0 Å². The summed E-state index contributed by atoms with van der Waals surface area (Å²) >= 11 is 12.4. The summed E-state index contributed by atoms with van der Waals surface area (Å²) in [6, 6.07) is 9.10. The molecule has 164 valence electrons. The average Bonchev–Trinajstić information content (AvgIpc) is 3.15. The zero-order chi connectivity index (χ0) is 22.4. The number of nitrogens with zero attached hydrogens (tertiary/aromatic N) is 3. The van der Waals surface area contributed by atoms with Gasteiger partial charge in [-0.25, -0.2) is 4.79 Å². The van der Waals surface area contributed by atoms with Gasteiger partial charge >= 0.3 is 6.16 Å². The molecule has 11 nitrogen and oxygen atoms in total. The first-order valence-corrected chi connectivity index (χ1v) is 9.59. The normalized spacial score (nSPS) is 12.8. The van der Waals surface area contributed by atoms with Gasteiger partial charge in [0.1, 0.15) is 12.4 Å². The van der Waals surface area contributed by atoms with Crippen LogP contribution in [0, 0.1) is 10.1 Å². The number of aliphatic imine (C=N–C) groups is 1. The summed E-state index contributed by atoms with van der Waals surface area (Å²) in [6.07, 6.45) is -0.927. The third kappa shape index (κ3) is 6.27. The minimum absolute atomic E-state index is 0.121. The summed E-state index contributed by atoms with van der Waals surface area (Å²) in [6.45, 7) is 0.664. The van der Waals surface area contributed by atoms with Gasteiger partial charge in [-0.2, -0.15) is 0 Å². The molecule has 13 heteroatoms. The molecule has 1 aliphatic rings. The Labute approximate surface area is 186 Å². The van der Waals surface area contributed by atoms with Crippen LogP contribution >= 0.6 is 23.2 Å². The van der Waals surface area contributed by atoms with Gasteiger partial charge in [0.25, 0.3) is 5.09 Å². The Morgan fingerprint density at radius 1 is 1.26 bits per heavy atom. The molecule has 0 aliphatic carbocycles. The third-order valence-corrected chi connectivity index (χ3v) is 4.63. The molecule has 31 heavy (non-hydrogen) atoms. The monoisotopic (exact) mass is 469 g/mol. The summed E-state index contributed by atoms with van der Waals surface area (Å²) in [5, 5.41) is 13.0. The van der Waals surface area contributed by atoms with Gasteiger partial charge in [0.05, 0.1) is 22.3 Å². The van der Waals surface area contributed by atoms with Gasteiger partial charge in [-0.1, -0.05) is 35.3 Å². The fourth-order valence-corrected chi connectivity index (χ4v) is 3.19. The van der Waals surface area contributed by atoms with Crippen LogP contribution in [0.4, 0.5) is 16.2 Å². The van der Waals surface area contributed by atoms with E-state index < -0.39 is 11.2 Å². The number of nitrogens with one attached hydrogen (secondary N) is 1. The van der Waals surface area contributed by atoms with Crippen LogP contribution in [-0.2, 0) is 16.2 Å². The van der Waals surface area contributed by atoms with Gasteiger partial charge in [0.15, 0.2) is 6.73 Å². The number of benzene rings is 2. The standard InChI is InChI=1S/C18H17Cl2N5O6/c19-14-7-12(21)8-15(20)16(14)23-17-22-5-6-24(17)10-29-18(26)31-13-3-1-11(2-4-13)9-30-25(27)28/h1-4,7-8H,5-6,9-10,21H2,(H,22,23). The van der Waals surface area contributed by atoms with Crippen molar-refractivity contribution in [1.29, 1.82) is 0 Å². The SMILES string of the molecule is Nc1cc(Cl)c(NC2=NCCN2COC(=O)Oc2ccc(CO[N+](=O)[O-])cc2)c(Cl)c1. The minimum atomic E-state index is -0.927. The number of hydrogen-bond acceptors (Lipinski definition) is 10. The van der Waals surface area contributed by atoms with Crippen LogP contribution in [-0.4, -0.2) is 41.9 Å². The molecule has 0 saturated carbocycles. The maximum Gasteiger partial charge on any atom is 0.515 e. The van der Waals surface area contributed by atoms with Crippen LogP contribution in [0.3, 0.4) is 0 Å². The largest absolute Gasteiger partial charge is 0.515 e. The molecular formula is C18H17Cl2N5O6. The van der Waals surface area contributed by atoms with Crippen molar-refractivity contribution < 1.29 is 24.2 Å². The number of halogens is 2. The number of ether oxygens (including phenoxy) is 2. The van der Waals surface area contributed by atoms with Crippen molar-refractivity contribution in [2.45, 2.75) is 6.61 Å². The first-order chi connectivity index (χ1) is 14.8. The van der Waals surface area contributed by atoms with E-state index in [1.165, 1.54) is 24.3 Å². The fraction of sp³-hybridized carbons (Fsp3) is 0.222. The molecule has 0 unspecified atom stereocenters. The second-order valence-electron chi connectivity index (χ2n) is 6.22. The molecule has 0 fully saturated rings. The van der Waals surface area contributed by atoms with Gasteiger partial charge in [-0.3, -0.25) is 4.99 Å². The molecule has 3 rings (SSSR count). The maximum atomic E-state index is 12.0. The lowest BCUT2D eigenvalue weighted by atomic mass is 10.2. The highest BCUT2D eigenvalue weighted by Crippen LogP contribution is 2.33. The molecule has 2 aromatic rings. The van der Waals surface area contributed by atoms with Gasteiger partial charge < -0.3 is 30.3 Å². The lowest BCUT2D eigenvalue weighted by molar-refractivity contribution is -0.763. The molecule has 1 aliphatic heterocycles. The van der Waals surface area contributed by atoms with Crippen molar-refractivity contribution in [3.63, 3.8) is 0 Å². The number of carbonyl (C=O) groups is 1. The number of nitrogens with two attached hydrogens (primary N) is 1. The Morgan fingerprint density at radius 2 is 1.94 bits per heavy atom.